The van der Waals surface area contributed by atoms with Gasteiger partial charge in [0.25, 0.3) is 11.8 Å². The average Bonchev–Trinajstić information content (AvgIpc) is 3.57. The van der Waals surface area contributed by atoms with Crippen LogP contribution in [0.15, 0.2) is 42.5 Å². The van der Waals surface area contributed by atoms with Crippen LogP contribution in [0.25, 0.3) is 11.0 Å². The van der Waals surface area contributed by atoms with Gasteiger partial charge in [0.2, 0.25) is 0 Å². The number of rotatable bonds is 1. The lowest BCUT2D eigenvalue weighted by Gasteiger charge is -2.41. The minimum absolute atomic E-state index is 0.0448. The van der Waals surface area contributed by atoms with Crippen molar-refractivity contribution in [2.24, 2.45) is 12.5 Å². The second-order valence-electron chi connectivity index (χ2n) is 11.6. The second-order valence-corrected chi connectivity index (χ2v) is 12.0. The van der Waals surface area contributed by atoms with E-state index >= 15 is 0 Å². The number of fused-ring (bicyclic) bond motifs is 4. The maximum atomic E-state index is 13.5. The average molecular weight is 565 g/mol. The van der Waals surface area contributed by atoms with Gasteiger partial charge in [-0.1, -0.05) is 24.1 Å². The van der Waals surface area contributed by atoms with Crippen molar-refractivity contribution in [1.29, 1.82) is 0 Å². The van der Waals surface area contributed by atoms with Crippen LogP contribution in [0, 0.1) is 5.41 Å². The fourth-order valence-electron chi connectivity index (χ4n) is 6.48. The van der Waals surface area contributed by atoms with Crippen molar-refractivity contribution >= 4 is 34.4 Å². The molecule has 2 aromatic carbocycles. The number of ether oxygens (including phenoxy) is 2. The summed E-state index contributed by atoms with van der Waals surface area (Å²) < 4.78 is 14.3. The van der Waals surface area contributed by atoms with Gasteiger partial charge in [-0.3, -0.25) is 9.59 Å². The molecule has 2 fully saturated rings. The number of aryl methyl sites for hydroxylation is 1. The first-order chi connectivity index (χ1) is 19.4. The van der Waals surface area contributed by atoms with Gasteiger partial charge in [-0.2, -0.15) is 0 Å². The van der Waals surface area contributed by atoms with Gasteiger partial charge in [-0.05, 0) is 74.9 Å². The van der Waals surface area contributed by atoms with Crippen LogP contribution in [0.2, 0.25) is 5.02 Å². The Morgan fingerprint density at radius 2 is 1.90 bits per heavy atom. The molecule has 2 bridgehead atoms. The van der Waals surface area contributed by atoms with E-state index in [0.717, 1.165) is 68.3 Å². The van der Waals surface area contributed by atoms with Gasteiger partial charge in [0.15, 0.2) is 5.82 Å². The number of likely N-dealkylation sites (tertiary alicyclic amines) is 1. The summed E-state index contributed by atoms with van der Waals surface area (Å²) in [7, 11) is 1.88. The fourth-order valence-corrected chi connectivity index (χ4v) is 6.64. The molecule has 0 unspecified atom stereocenters. The summed E-state index contributed by atoms with van der Waals surface area (Å²) in [6.45, 7) is 3.93. The molecule has 9 heteroatoms. The minimum atomic E-state index is -0.0529. The lowest BCUT2D eigenvalue weighted by molar-refractivity contribution is 0.0324. The number of aromatic nitrogens is 2. The Labute approximate surface area is 240 Å². The van der Waals surface area contributed by atoms with Gasteiger partial charge in [0.05, 0.1) is 30.3 Å². The van der Waals surface area contributed by atoms with Gasteiger partial charge in [-0.15, -0.1) is 0 Å². The maximum Gasteiger partial charge on any atom is 0.289 e. The Kier molecular flexibility index (Phi) is 7.73. The number of benzene rings is 2. The molecule has 2 saturated heterocycles. The summed E-state index contributed by atoms with van der Waals surface area (Å²) in [6.07, 6.45) is 6.73. The molecule has 0 N–H and O–H groups in total. The van der Waals surface area contributed by atoms with Gasteiger partial charge in [-0.25, -0.2) is 4.98 Å². The molecule has 6 rings (SSSR count). The molecule has 4 heterocycles. The molecule has 3 aliphatic heterocycles. The summed E-state index contributed by atoms with van der Waals surface area (Å²) in [5.74, 6) is 1.16. The van der Waals surface area contributed by atoms with Crippen molar-refractivity contribution < 1.29 is 19.1 Å². The van der Waals surface area contributed by atoms with Crippen molar-refractivity contribution in [2.75, 3.05) is 39.5 Å². The van der Waals surface area contributed by atoms with Crippen LogP contribution < -0.4 is 4.74 Å². The third kappa shape index (κ3) is 5.44. The zero-order chi connectivity index (χ0) is 27.7. The Morgan fingerprint density at radius 3 is 2.75 bits per heavy atom. The Morgan fingerprint density at radius 1 is 1.05 bits per heavy atom. The fraction of sp³-hybridized carbons (Fsp3) is 0.516. The molecule has 8 nitrogen and oxygen atoms in total. The number of hydrogen-bond donors (Lipinski definition) is 0. The van der Waals surface area contributed by atoms with Crippen LogP contribution in [0.5, 0.6) is 5.75 Å². The van der Waals surface area contributed by atoms with E-state index in [-0.39, 0.29) is 23.3 Å². The standard InChI is InChI=1S/C31H37ClN4O4/c1-34-27-10-9-23(32)19-26(27)33-28(34)30(38)35-15-12-31(13-16-35)11-2-3-17-39-20-24-7-5-14-36(24)29(37)22-6-4-8-25(18-22)40-21-31/h4,6,8-10,18-19,24H,2-3,5,7,11-17,20-21H2,1H3/t24-/m0/s1. The van der Waals surface area contributed by atoms with E-state index < -0.39 is 0 Å². The number of piperidine rings is 1. The lowest BCUT2D eigenvalue weighted by Crippen LogP contribution is -2.46. The molecular weight excluding hydrogens is 528 g/mol. The van der Waals surface area contributed by atoms with Gasteiger partial charge in [0, 0.05) is 49.3 Å². The number of hydrogen-bond acceptors (Lipinski definition) is 5. The Bertz CT molecular complexity index is 1400. The van der Waals surface area contributed by atoms with Crippen LogP contribution in [-0.4, -0.2) is 76.7 Å². The highest BCUT2D eigenvalue weighted by molar-refractivity contribution is 6.31. The molecule has 0 aliphatic carbocycles. The van der Waals surface area contributed by atoms with Crippen molar-refractivity contribution in [2.45, 2.75) is 51.0 Å². The predicted molar refractivity (Wildman–Crippen MR) is 154 cm³/mol. The summed E-state index contributed by atoms with van der Waals surface area (Å²) >= 11 is 6.15. The highest BCUT2D eigenvalue weighted by atomic mass is 35.5. The van der Waals surface area contributed by atoms with Gasteiger partial charge < -0.3 is 23.8 Å². The smallest absolute Gasteiger partial charge is 0.289 e. The molecule has 1 atom stereocenters. The molecule has 3 aliphatic rings. The van der Waals surface area contributed by atoms with E-state index in [1.807, 2.05) is 57.8 Å². The van der Waals surface area contributed by atoms with Crippen LogP contribution in [0.3, 0.4) is 0 Å². The first kappa shape index (κ1) is 27.1. The topological polar surface area (TPSA) is 76.9 Å². The van der Waals surface area contributed by atoms with Crippen molar-refractivity contribution in [3.63, 3.8) is 0 Å². The number of halogens is 1. The van der Waals surface area contributed by atoms with Gasteiger partial charge >= 0.3 is 0 Å². The molecule has 212 valence electrons. The summed E-state index contributed by atoms with van der Waals surface area (Å²) in [6, 6.07) is 13.2. The number of amides is 2. The van der Waals surface area contributed by atoms with Crippen LogP contribution >= 0.6 is 11.6 Å². The maximum absolute atomic E-state index is 13.5. The first-order valence-electron chi connectivity index (χ1n) is 14.5. The second kappa shape index (κ2) is 11.4. The molecule has 0 radical (unpaired) electrons. The van der Waals surface area contributed by atoms with Crippen molar-refractivity contribution in [1.82, 2.24) is 19.4 Å². The molecule has 3 aromatic rings. The molecule has 2 amide bonds. The third-order valence-corrected chi connectivity index (χ3v) is 9.20. The van der Waals surface area contributed by atoms with Crippen LogP contribution in [0.1, 0.15) is 65.9 Å². The minimum Gasteiger partial charge on any atom is -0.493 e. The number of nitrogens with zero attached hydrogens (tertiary/aromatic N) is 4. The van der Waals surface area contributed by atoms with Crippen molar-refractivity contribution in [3.8, 4) is 5.75 Å². The quantitative estimate of drug-likeness (QED) is 0.399. The Balaban J connectivity index is 1.17. The monoisotopic (exact) mass is 564 g/mol. The third-order valence-electron chi connectivity index (χ3n) is 8.97. The highest BCUT2D eigenvalue weighted by Gasteiger charge is 2.38. The van der Waals surface area contributed by atoms with E-state index in [1.165, 1.54) is 0 Å². The van der Waals surface area contributed by atoms with Crippen LogP contribution in [0.4, 0.5) is 0 Å². The number of carbonyl (C=O) groups excluding carboxylic acids is 2. The predicted octanol–water partition coefficient (Wildman–Crippen LogP) is 5.33. The Hall–Kier alpha value is -3.10. The molecular formula is C31H37ClN4O4. The zero-order valence-corrected chi connectivity index (χ0v) is 23.9. The summed E-state index contributed by atoms with van der Waals surface area (Å²) in [5.41, 5.74) is 2.24. The van der Waals surface area contributed by atoms with Gasteiger partial charge in [0.1, 0.15) is 5.75 Å². The zero-order valence-electron chi connectivity index (χ0n) is 23.1. The van der Waals surface area contributed by atoms with Crippen molar-refractivity contribution in [3.05, 3.63) is 58.9 Å². The summed E-state index contributed by atoms with van der Waals surface area (Å²) in [4.78, 5) is 35.3. The lowest BCUT2D eigenvalue weighted by atomic mass is 9.75. The molecule has 40 heavy (non-hydrogen) atoms. The molecule has 0 saturated carbocycles. The number of carbonyl (C=O) groups is 2. The molecule has 1 aromatic heterocycles. The van der Waals surface area contributed by atoms with E-state index in [0.29, 0.717) is 49.3 Å². The summed E-state index contributed by atoms with van der Waals surface area (Å²) in [5, 5.41) is 0.606. The van der Waals surface area contributed by atoms with E-state index in [2.05, 4.69) is 4.98 Å². The highest BCUT2D eigenvalue weighted by Crippen LogP contribution is 2.38. The van der Waals surface area contributed by atoms with E-state index in [1.54, 1.807) is 6.07 Å². The largest absolute Gasteiger partial charge is 0.493 e. The number of imidazole rings is 1. The first-order valence-corrected chi connectivity index (χ1v) is 14.8. The van der Waals surface area contributed by atoms with E-state index in [9.17, 15) is 9.59 Å². The normalized spacial score (nSPS) is 22.1. The molecule has 1 spiro atoms. The van der Waals surface area contributed by atoms with Crippen LogP contribution in [-0.2, 0) is 11.8 Å². The van der Waals surface area contributed by atoms with E-state index in [4.69, 9.17) is 21.1 Å². The SMILES string of the molecule is Cn1c(C(=O)N2CCC3(CCCCOC[C@@H]4CCCN4C(=O)c4cccc(c4)OC3)CC2)nc2cc(Cl)ccc21.